The van der Waals surface area contributed by atoms with Gasteiger partial charge >= 0.3 is 5.97 Å². The van der Waals surface area contributed by atoms with E-state index in [0.717, 1.165) is 22.5 Å². The van der Waals surface area contributed by atoms with Crippen molar-refractivity contribution in [3.05, 3.63) is 87.6 Å². The van der Waals surface area contributed by atoms with Gasteiger partial charge in [0.1, 0.15) is 6.04 Å². The zero-order valence-corrected chi connectivity index (χ0v) is 25.0. The van der Waals surface area contributed by atoms with E-state index in [-0.39, 0.29) is 12.1 Å². The summed E-state index contributed by atoms with van der Waals surface area (Å²) in [6.45, 7) is 17.7. The van der Waals surface area contributed by atoms with Crippen LogP contribution < -0.4 is 16.8 Å². The van der Waals surface area contributed by atoms with Gasteiger partial charge < -0.3 is 21.9 Å². The number of aliphatic imine (C=N–C) groups is 1. The fraction of sp³-hybridized carbons (Fsp3) is 0.367. The molecule has 38 heavy (non-hydrogen) atoms. The molecule has 8 heteroatoms. The third-order valence-corrected chi connectivity index (χ3v) is 5.00. The van der Waals surface area contributed by atoms with Gasteiger partial charge in [-0.3, -0.25) is 9.79 Å². The van der Waals surface area contributed by atoms with Crippen LogP contribution in [0.2, 0.25) is 5.02 Å². The van der Waals surface area contributed by atoms with Crippen LogP contribution in [0.1, 0.15) is 83.8 Å². The number of allylic oxidation sites excluding steroid dienone is 3. The summed E-state index contributed by atoms with van der Waals surface area (Å²) in [4.78, 5) is 26.7. The average Bonchev–Trinajstić information content (AvgIpc) is 2.94. The summed E-state index contributed by atoms with van der Waals surface area (Å²) in [6, 6.07) is 12.3. The summed E-state index contributed by atoms with van der Waals surface area (Å²) in [5.41, 5.74) is 16.0. The number of hydrogen-bond donors (Lipinski definition) is 4. The number of hydrogen-bond acceptors (Lipinski definition) is 5. The molecule has 0 saturated carbocycles. The highest BCUT2D eigenvalue weighted by atomic mass is 35.5. The molecule has 0 fully saturated rings. The van der Waals surface area contributed by atoms with Crippen LogP contribution in [0.4, 0.5) is 5.69 Å². The van der Waals surface area contributed by atoms with Gasteiger partial charge in [-0.2, -0.15) is 0 Å². The maximum absolute atomic E-state index is 11.6. The van der Waals surface area contributed by atoms with Crippen LogP contribution >= 0.6 is 11.6 Å². The van der Waals surface area contributed by atoms with Crippen LogP contribution in [0.5, 0.6) is 0 Å². The zero-order chi connectivity index (χ0) is 29.8. The minimum Gasteiger partial charge on any atom is -0.479 e. The number of amides is 1. The highest BCUT2D eigenvalue weighted by molar-refractivity contribution is 6.31. The van der Waals surface area contributed by atoms with Crippen molar-refractivity contribution in [2.45, 2.75) is 74.9 Å². The van der Waals surface area contributed by atoms with Crippen LogP contribution in [0, 0.1) is 0 Å². The number of dihydropyridines is 1. The van der Waals surface area contributed by atoms with Gasteiger partial charge in [-0.1, -0.05) is 89.6 Å². The van der Waals surface area contributed by atoms with Crippen molar-refractivity contribution in [1.29, 1.82) is 0 Å². The SMILES string of the molecule is CC.CC.CC.CC(=Nc1c(CN)cc(Cl)cc1C(N)=O)c1ccccc1.CC1=CC=C(C)C(C(=O)O)N1. The van der Waals surface area contributed by atoms with E-state index >= 15 is 0 Å². The molecular formula is C30H45ClN4O3. The van der Waals surface area contributed by atoms with Crippen LogP contribution in [-0.2, 0) is 11.3 Å². The zero-order valence-electron chi connectivity index (χ0n) is 24.2. The summed E-state index contributed by atoms with van der Waals surface area (Å²) in [5.74, 6) is -1.40. The van der Waals surface area contributed by atoms with Gasteiger partial charge in [0.2, 0.25) is 0 Å². The van der Waals surface area contributed by atoms with Crippen molar-refractivity contribution in [1.82, 2.24) is 5.32 Å². The Balaban J connectivity index is 0. The summed E-state index contributed by atoms with van der Waals surface area (Å²) in [7, 11) is 0. The lowest BCUT2D eigenvalue weighted by Gasteiger charge is -2.19. The molecular weight excluding hydrogens is 500 g/mol. The second-order valence-corrected chi connectivity index (χ2v) is 7.71. The van der Waals surface area contributed by atoms with Crippen molar-refractivity contribution < 1.29 is 14.7 Å². The monoisotopic (exact) mass is 544 g/mol. The number of primary amides is 1. The number of rotatable bonds is 5. The highest BCUT2D eigenvalue weighted by Gasteiger charge is 2.20. The predicted molar refractivity (Wildman–Crippen MR) is 162 cm³/mol. The topological polar surface area (TPSA) is 131 Å². The Bertz CT molecular complexity index is 1090. The Morgan fingerprint density at radius 3 is 2.00 bits per heavy atom. The minimum atomic E-state index is -0.828. The molecule has 0 saturated heterocycles. The van der Waals surface area contributed by atoms with Crippen molar-refractivity contribution in [3.63, 3.8) is 0 Å². The fourth-order valence-corrected chi connectivity index (χ4v) is 3.28. The Morgan fingerprint density at radius 1 is 1.00 bits per heavy atom. The van der Waals surface area contributed by atoms with Gasteiger partial charge in [0.25, 0.3) is 5.91 Å². The number of nitrogens with two attached hydrogens (primary N) is 2. The first-order valence-electron chi connectivity index (χ1n) is 12.9. The minimum absolute atomic E-state index is 0.224. The van der Waals surface area contributed by atoms with E-state index in [1.165, 1.54) is 6.07 Å². The van der Waals surface area contributed by atoms with Gasteiger partial charge in [0.05, 0.1) is 11.3 Å². The number of carboxylic acid groups (broad SMARTS) is 1. The van der Waals surface area contributed by atoms with E-state index in [2.05, 4.69) is 10.3 Å². The first-order chi connectivity index (χ1) is 18.1. The van der Waals surface area contributed by atoms with Crippen molar-refractivity contribution in [2.24, 2.45) is 16.5 Å². The smallest absolute Gasteiger partial charge is 0.330 e. The third-order valence-electron chi connectivity index (χ3n) is 4.78. The summed E-state index contributed by atoms with van der Waals surface area (Å²) in [5, 5.41) is 12.0. The van der Waals surface area contributed by atoms with Crippen LogP contribution in [0.25, 0.3) is 0 Å². The summed E-state index contributed by atoms with van der Waals surface area (Å²) >= 11 is 5.99. The number of aliphatic carboxylic acids is 1. The molecule has 210 valence electrons. The van der Waals surface area contributed by atoms with Crippen LogP contribution in [-0.4, -0.2) is 28.7 Å². The van der Waals surface area contributed by atoms with Gasteiger partial charge in [-0.25, -0.2) is 4.79 Å². The Labute approximate surface area is 233 Å². The molecule has 0 aliphatic carbocycles. The predicted octanol–water partition coefficient (Wildman–Crippen LogP) is 7.01. The summed E-state index contributed by atoms with van der Waals surface area (Å²) < 4.78 is 0. The molecule has 2 aromatic carbocycles. The Hall–Kier alpha value is -3.42. The van der Waals surface area contributed by atoms with E-state index in [0.29, 0.717) is 16.3 Å². The Kier molecular flexibility index (Phi) is 19.9. The number of nitrogens with one attached hydrogen (secondary N) is 1. The van der Waals surface area contributed by atoms with E-state index < -0.39 is 17.9 Å². The first-order valence-corrected chi connectivity index (χ1v) is 13.3. The van der Waals surface area contributed by atoms with Crippen molar-refractivity contribution in [3.8, 4) is 0 Å². The molecule has 3 rings (SSSR count). The number of halogens is 1. The molecule has 0 bridgehead atoms. The van der Waals surface area contributed by atoms with Crippen LogP contribution in [0.15, 0.2) is 70.9 Å². The molecule has 1 aliphatic heterocycles. The van der Waals surface area contributed by atoms with Gasteiger partial charge in [0, 0.05) is 23.0 Å². The van der Waals surface area contributed by atoms with Crippen LogP contribution in [0.3, 0.4) is 0 Å². The third kappa shape index (κ3) is 12.2. The molecule has 1 atom stereocenters. The normalized spacial score (nSPS) is 13.6. The van der Waals surface area contributed by atoms with Gasteiger partial charge in [-0.15, -0.1) is 0 Å². The molecule has 0 spiro atoms. The standard InChI is InChI=1S/C16H16ClN3O.C8H11NO2.3C2H6/c1-10(11-5-3-2-4-6-11)20-15-12(9-18)7-13(17)8-14(15)16(19)21;1-5-3-4-6(2)9-7(5)8(10)11;3*1-2/h2-8H,9,18H2,1H3,(H2,19,21);3-4,7,9H,1-2H3,(H,10,11);3*1-2H3. The molecule has 1 amide bonds. The highest BCUT2D eigenvalue weighted by Crippen LogP contribution is 2.29. The lowest BCUT2D eigenvalue weighted by atomic mass is 10.1. The number of carbonyl (C=O) groups is 2. The van der Waals surface area contributed by atoms with E-state index in [9.17, 15) is 9.59 Å². The quantitative estimate of drug-likeness (QED) is 0.301. The molecule has 7 nitrogen and oxygen atoms in total. The Morgan fingerprint density at radius 2 is 1.55 bits per heavy atom. The first kappa shape index (κ1) is 36.7. The molecule has 1 aliphatic rings. The molecule has 1 heterocycles. The lowest BCUT2D eigenvalue weighted by molar-refractivity contribution is -0.138. The summed E-state index contributed by atoms with van der Waals surface area (Å²) in [6.07, 6.45) is 3.69. The largest absolute Gasteiger partial charge is 0.479 e. The maximum Gasteiger partial charge on any atom is 0.330 e. The van der Waals surface area contributed by atoms with Crippen molar-refractivity contribution >= 4 is 34.9 Å². The second-order valence-electron chi connectivity index (χ2n) is 7.27. The average molecular weight is 545 g/mol. The lowest BCUT2D eigenvalue weighted by Crippen LogP contribution is -2.37. The van der Waals surface area contributed by atoms with Crippen molar-refractivity contribution in [2.75, 3.05) is 0 Å². The second kappa shape index (κ2) is 20.6. The molecule has 6 N–H and O–H groups in total. The fourth-order valence-electron chi connectivity index (χ4n) is 3.04. The molecule has 0 radical (unpaired) electrons. The maximum atomic E-state index is 11.6. The molecule has 2 aromatic rings. The molecule has 0 aromatic heterocycles. The van der Waals surface area contributed by atoms with E-state index in [1.54, 1.807) is 13.0 Å². The number of carbonyl (C=O) groups excluding carboxylic acids is 1. The number of carboxylic acids is 1. The number of nitrogens with zero attached hydrogens (tertiary/aromatic N) is 1. The van der Waals surface area contributed by atoms with Gasteiger partial charge in [0.15, 0.2) is 0 Å². The van der Waals surface area contributed by atoms with E-state index in [4.69, 9.17) is 28.2 Å². The van der Waals surface area contributed by atoms with E-state index in [1.807, 2.05) is 97.9 Å². The number of benzene rings is 2. The molecule has 1 unspecified atom stereocenters. The van der Waals surface area contributed by atoms with Gasteiger partial charge in [-0.05, 0) is 55.7 Å².